The summed E-state index contributed by atoms with van der Waals surface area (Å²) in [7, 11) is 0. The number of nitrogens with one attached hydrogen (secondary N) is 1. The van der Waals surface area contributed by atoms with Crippen molar-refractivity contribution in [1.29, 1.82) is 0 Å². The average molecular weight is 199 g/mol. The van der Waals surface area contributed by atoms with Crippen LogP contribution in [0.15, 0.2) is 42.5 Å². The molecule has 0 radical (unpaired) electrons. The first kappa shape index (κ1) is 8.86. The topological polar surface area (TPSA) is 29.1 Å². The fourth-order valence-electron chi connectivity index (χ4n) is 2.61. The molecular weight excluding hydrogens is 186 g/mol. The van der Waals surface area contributed by atoms with Gasteiger partial charge in [-0.05, 0) is 24.5 Å². The van der Waals surface area contributed by atoms with Crippen LogP contribution in [0.5, 0.6) is 0 Å². The molecule has 76 valence electrons. The van der Waals surface area contributed by atoms with Gasteiger partial charge in [0.05, 0.1) is 0 Å². The quantitative estimate of drug-likeness (QED) is 0.747. The van der Waals surface area contributed by atoms with Crippen molar-refractivity contribution in [3.8, 4) is 0 Å². The first-order valence-corrected chi connectivity index (χ1v) is 5.37. The molecule has 1 aromatic carbocycles. The summed E-state index contributed by atoms with van der Waals surface area (Å²) in [6, 6.07) is 10.4. The van der Waals surface area contributed by atoms with Gasteiger partial charge in [-0.15, -0.1) is 0 Å². The molecule has 1 N–H and O–H groups in total. The standard InChI is InChI=1S/C13H13NO/c15-12-7-6-11-8-9-13(12,14-11)10-4-2-1-3-5-10/h1-7,11,14H,8-9H2. The van der Waals surface area contributed by atoms with E-state index in [1.54, 1.807) is 6.08 Å². The first-order valence-electron chi connectivity index (χ1n) is 5.37. The number of fused-ring (bicyclic) bond motifs is 2. The number of hydrogen-bond acceptors (Lipinski definition) is 2. The lowest BCUT2D eigenvalue weighted by atomic mass is 9.84. The lowest BCUT2D eigenvalue weighted by molar-refractivity contribution is -0.121. The van der Waals surface area contributed by atoms with Gasteiger partial charge in [0.15, 0.2) is 5.78 Å². The van der Waals surface area contributed by atoms with Crippen molar-refractivity contribution in [2.75, 3.05) is 0 Å². The van der Waals surface area contributed by atoms with Gasteiger partial charge < -0.3 is 0 Å². The zero-order valence-corrected chi connectivity index (χ0v) is 8.44. The highest BCUT2D eigenvalue weighted by Crippen LogP contribution is 2.37. The zero-order valence-electron chi connectivity index (χ0n) is 8.44. The molecule has 1 aromatic rings. The zero-order chi connectivity index (χ0) is 10.3. The highest BCUT2D eigenvalue weighted by molar-refractivity contribution is 6.00. The molecule has 0 amide bonds. The molecule has 2 aliphatic heterocycles. The van der Waals surface area contributed by atoms with Crippen LogP contribution in [0.2, 0.25) is 0 Å². The minimum atomic E-state index is -0.430. The average Bonchev–Trinajstić information content (AvgIpc) is 2.66. The fourth-order valence-corrected chi connectivity index (χ4v) is 2.61. The minimum Gasteiger partial charge on any atom is -0.295 e. The lowest BCUT2D eigenvalue weighted by Gasteiger charge is -2.30. The maximum atomic E-state index is 12.0. The number of benzene rings is 1. The Kier molecular flexibility index (Phi) is 1.80. The van der Waals surface area contributed by atoms with Crippen LogP contribution in [-0.2, 0) is 10.3 Å². The van der Waals surface area contributed by atoms with E-state index in [0.29, 0.717) is 6.04 Å². The highest BCUT2D eigenvalue weighted by atomic mass is 16.1. The molecule has 0 spiro atoms. The Morgan fingerprint density at radius 3 is 2.87 bits per heavy atom. The molecule has 0 aromatic heterocycles. The van der Waals surface area contributed by atoms with Crippen LogP contribution in [0, 0.1) is 0 Å². The van der Waals surface area contributed by atoms with E-state index in [0.717, 1.165) is 18.4 Å². The second-order valence-electron chi connectivity index (χ2n) is 4.28. The summed E-state index contributed by atoms with van der Waals surface area (Å²) in [6.45, 7) is 0. The lowest BCUT2D eigenvalue weighted by Crippen LogP contribution is -2.48. The van der Waals surface area contributed by atoms with Gasteiger partial charge in [-0.25, -0.2) is 0 Å². The van der Waals surface area contributed by atoms with Crippen molar-refractivity contribution in [1.82, 2.24) is 5.32 Å². The van der Waals surface area contributed by atoms with E-state index in [1.165, 1.54) is 0 Å². The smallest absolute Gasteiger partial charge is 0.179 e. The summed E-state index contributed by atoms with van der Waals surface area (Å²) in [5.74, 6) is 0.197. The van der Waals surface area contributed by atoms with Gasteiger partial charge in [0, 0.05) is 6.04 Å². The summed E-state index contributed by atoms with van der Waals surface area (Å²) >= 11 is 0. The van der Waals surface area contributed by atoms with Gasteiger partial charge in [0.1, 0.15) is 5.54 Å². The fraction of sp³-hybridized carbons (Fsp3) is 0.308. The molecule has 3 rings (SSSR count). The molecule has 2 unspecified atom stereocenters. The summed E-state index contributed by atoms with van der Waals surface area (Å²) in [4.78, 5) is 12.0. The van der Waals surface area contributed by atoms with Gasteiger partial charge in [-0.3, -0.25) is 10.1 Å². The molecular formula is C13H13NO. The Hall–Kier alpha value is -1.41. The molecule has 0 saturated carbocycles. The van der Waals surface area contributed by atoms with Crippen molar-refractivity contribution in [2.45, 2.75) is 24.4 Å². The Morgan fingerprint density at radius 1 is 1.27 bits per heavy atom. The molecule has 2 aliphatic rings. The molecule has 2 bridgehead atoms. The molecule has 15 heavy (non-hydrogen) atoms. The number of carbonyl (C=O) groups is 1. The second kappa shape index (κ2) is 3.04. The van der Waals surface area contributed by atoms with E-state index in [2.05, 4.69) is 5.32 Å². The van der Waals surface area contributed by atoms with E-state index in [1.807, 2.05) is 36.4 Å². The van der Waals surface area contributed by atoms with Gasteiger partial charge in [-0.2, -0.15) is 0 Å². The molecule has 2 heterocycles. The third kappa shape index (κ3) is 1.18. The van der Waals surface area contributed by atoms with Crippen LogP contribution in [0.25, 0.3) is 0 Å². The molecule has 2 nitrogen and oxygen atoms in total. The van der Waals surface area contributed by atoms with Crippen molar-refractivity contribution >= 4 is 5.78 Å². The molecule has 1 saturated heterocycles. The summed E-state index contributed by atoms with van der Waals surface area (Å²) in [6.07, 6.45) is 5.68. The Balaban J connectivity index is 2.11. The number of rotatable bonds is 1. The van der Waals surface area contributed by atoms with E-state index in [9.17, 15) is 4.79 Å². The Morgan fingerprint density at radius 2 is 2.07 bits per heavy atom. The van der Waals surface area contributed by atoms with E-state index < -0.39 is 5.54 Å². The summed E-state index contributed by atoms with van der Waals surface area (Å²) in [5.41, 5.74) is 0.669. The van der Waals surface area contributed by atoms with Crippen molar-refractivity contribution < 1.29 is 4.79 Å². The molecule has 2 atom stereocenters. The van der Waals surface area contributed by atoms with E-state index >= 15 is 0 Å². The molecule has 1 fully saturated rings. The summed E-state index contributed by atoms with van der Waals surface area (Å²) in [5, 5.41) is 3.43. The second-order valence-corrected chi connectivity index (χ2v) is 4.28. The summed E-state index contributed by atoms with van der Waals surface area (Å²) < 4.78 is 0. The van der Waals surface area contributed by atoms with E-state index in [4.69, 9.17) is 0 Å². The predicted octanol–water partition coefficient (Wildman–Crippen LogP) is 1.77. The van der Waals surface area contributed by atoms with E-state index in [-0.39, 0.29) is 5.78 Å². The Labute approximate surface area is 89.0 Å². The van der Waals surface area contributed by atoms with Gasteiger partial charge in [0.2, 0.25) is 0 Å². The Bertz CT molecular complexity index is 423. The maximum Gasteiger partial charge on any atom is 0.179 e. The maximum absolute atomic E-state index is 12.0. The minimum absolute atomic E-state index is 0.197. The SMILES string of the molecule is O=C1C=CC2CCC1(c1ccccc1)N2. The van der Waals surface area contributed by atoms with Crippen LogP contribution in [0.3, 0.4) is 0 Å². The van der Waals surface area contributed by atoms with Crippen LogP contribution < -0.4 is 5.32 Å². The number of ketones is 1. The number of carbonyl (C=O) groups excluding carboxylic acids is 1. The van der Waals surface area contributed by atoms with Crippen LogP contribution in [0.1, 0.15) is 18.4 Å². The van der Waals surface area contributed by atoms with Crippen molar-refractivity contribution in [3.05, 3.63) is 48.0 Å². The van der Waals surface area contributed by atoms with Crippen LogP contribution in [0.4, 0.5) is 0 Å². The largest absolute Gasteiger partial charge is 0.295 e. The van der Waals surface area contributed by atoms with Gasteiger partial charge in [-0.1, -0.05) is 36.4 Å². The van der Waals surface area contributed by atoms with Gasteiger partial charge >= 0.3 is 0 Å². The third-order valence-corrected chi connectivity index (χ3v) is 3.43. The van der Waals surface area contributed by atoms with Crippen LogP contribution in [-0.4, -0.2) is 11.8 Å². The molecule has 2 heteroatoms. The van der Waals surface area contributed by atoms with Crippen molar-refractivity contribution in [3.63, 3.8) is 0 Å². The molecule has 0 aliphatic carbocycles. The monoisotopic (exact) mass is 199 g/mol. The third-order valence-electron chi connectivity index (χ3n) is 3.43. The van der Waals surface area contributed by atoms with Crippen LogP contribution >= 0.6 is 0 Å². The predicted molar refractivity (Wildman–Crippen MR) is 58.4 cm³/mol. The van der Waals surface area contributed by atoms with Gasteiger partial charge in [0.25, 0.3) is 0 Å². The number of hydrogen-bond donors (Lipinski definition) is 1. The van der Waals surface area contributed by atoms with Crippen molar-refractivity contribution in [2.24, 2.45) is 0 Å². The normalized spacial score (nSPS) is 33.3. The first-order chi connectivity index (χ1) is 7.31. The highest BCUT2D eigenvalue weighted by Gasteiger charge is 2.46.